The molecule has 2 amide bonds. The number of nitrogens with two attached hydrogens (primary N) is 1. The molecule has 0 aliphatic carbocycles. The Morgan fingerprint density at radius 2 is 2.17 bits per heavy atom. The molecule has 1 aromatic rings. The lowest BCUT2D eigenvalue weighted by atomic mass is 9.98. The Balaban J connectivity index is 2.16. The van der Waals surface area contributed by atoms with E-state index < -0.39 is 5.91 Å². The van der Waals surface area contributed by atoms with Gasteiger partial charge in [-0.3, -0.25) is 9.59 Å². The molecule has 2 N–H and O–H groups in total. The molecule has 2 rings (SSSR count). The monoisotopic (exact) mass is 286 g/mol. The standard InChI is InChI=1S/C12H12Cl2N2O2/c13-8-1-2-9(10(14)4-8)7-3-12(18)16(5-7)6-11(15)17/h1-2,4,7H,3,5-6H2,(H2,15,17). The van der Waals surface area contributed by atoms with Gasteiger partial charge in [-0.05, 0) is 17.7 Å². The van der Waals surface area contributed by atoms with Crippen LogP contribution in [0.4, 0.5) is 0 Å². The van der Waals surface area contributed by atoms with Crippen LogP contribution in [0, 0.1) is 0 Å². The highest BCUT2D eigenvalue weighted by molar-refractivity contribution is 6.35. The molecular formula is C12H12Cl2N2O2. The fourth-order valence-corrected chi connectivity index (χ4v) is 2.72. The molecule has 18 heavy (non-hydrogen) atoms. The maximum Gasteiger partial charge on any atom is 0.237 e. The van der Waals surface area contributed by atoms with Gasteiger partial charge in [-0.2, -0.15) is 0 Å². The van der Waals surface area contributed by atoms with Crippen LogP contribution in [0.5, 0.6) is 0 Å². The van der Waals surface area contributed by atoms with Crippen molar-refractivity contribution in [3.05, 3.63) is 33.8 Å². The quantitative estimate of drug-likeness (QED) is 0.921. The molecule has 1 aliphatic heterocycles. The Morgan fingerprint density at radius 1 is 1.44 bits per heavy atom. The van der Waals surface area contributed by atoms with Crippen LogP contribution in [0.1, 0.15) is 17.9 Å². The van der Waals surface area contributed by atoms with Crippen molar-refractivity contribution >= 4 is 35.0 Å². The summed E-state index contributed by atoms with van der Waals surface area (Å²) in [5.41, 5.74) is 5.97. The third kappa shape index (κ3) is 2.76. The molecule has 6 heteroatoms. The van der Waals surface area contributed by atoms with Crippen molar-refractivity contribution in [2.24, 2.45) is 5.73 Å². The molecule has 0 radical (unpaired) electrons. The highest BCUT2D eigenvalue weighted by Crippen LogP contribution is 2.33. The van der Waals surface area contributed by atoms with E-state index in [-0.39, 0.29) is 18.4 Å². The topological polar surface area (TPSA) is 63.4 Å². The van der Waals surface area contributed by atoms with Crippen molar-refractivity contribution in [2.45, 2.75) is 12.3 Å². The molecule has 4 nitrogen and oxygen atoms in total. The molecule has 1 unspecified atom stereocenters. The summed E-state index contributed by atoms with van der Waals surface area (Å²) in [7, 11) is 0. The minimum atomic E-state index is -0.508. The van der Waals surface area contributed by atoms with Gasteiger partial charge in [0.1, 0.15) is 0 Å². The number of rotatable bonds is 3. The first-order chi connectivity index (χ1) is 8.47. The number of likely N-dealkylation sites (tertiary alicyclic amines) is 1. The van der Waals surface area contributed by atoms with Crippen molar-refractivity contribution in [1.82, 2.24) is 4.90 Å². The summed E-state index contributed by atoms with van der Waals surface area (Å²) in [6, 6.07) is 5.21. The number of primary amides is 1. The molecule has 1 saturated heterocycles. The molecule has 1 aromatic carbocycles. The summed E-state index contributed by atoms with van der Waals surface area (Å²) in [5, 5.41) is 1.10. The summed E-state index contributed by atoms with van der Waals surface area (Å²) in [6.07, 6.45) is 0.342. The first-order valence-corrected chi connectivity index (χ1v) is 6.24. The second-order valence-corrected chi connectivity index (χ2v) is 5.15. The molecule has 96 valence electrons. The predicted octanol–water partition coefficient (Wildman–Crippen LogP) is 1.79. The van der Waals surface area contributed by atoms with E-state index in [1.54, 1.807) is 12.1 Å². The maximum absolute atomic E-state index is 11.7. The van der Waals surface area contributed by atoms with E-state index in [0.717, 1.165) is 5.56 Å². The Hall–Kier alpha value is -1.26. The minimum absolute atomic E-state index is 0.0124. The number of amides is 2. The van der Waals surface area contributed by atoms with E-state index in [4.69, 9.17) is 28.9 Å². The van der Waals surface area contributed by atoms with Gasteiger partial charge >= 0.3 is 0 Å². The lowest BCUT2D eigenvalue weighted by Gasteiger charge is -2.15. The smallest absolute Gasteiger partial charge is 0.237 e. The van der Waals surface area contributed by atoms with Crippen LogP contribution in [0.2, 0.25) is 10.0 Å². The van der Waals surface area contributed by atoms with Gasteiger partial charge in [-0.25, -0.2) is 0 Å². The number of nitrogens with zero attached hydrogens (tertiary/aromatic N) is 1. The van der Waals surface area contributed by atoms with Gasteiger partial charge in [0, 0.05) is 28.9 Å². The SMILES string of the molecule is NC(=O)CN1CC(c2ccc(Cl)cc2Cl)CC1=O. The van der Waals surface area contributed by atoms with E-state index in [1.165, 1.54) is 4.90 Å². The summed E-state index contributed by atoms with van der Waals surface area (Å²) in [4.78, 5) is 24.0. The molecule has 1 aliphatic rings. The number of hydrogen-bond donors (Lipinski definition) is 1. The average molecular weight is 287 g/mol. The van der Waals surface area contributed by atoms with Gasteiger partial charge in [-0.15, -0.1) is 0 Å². The zero-order valence-corrected chi connectivity index (χ0v) is 11.0. The van der Waals surface area contributed by atoms with Crippen molar-refractivity contribution in [2.75, 3.05) is 13.1 Å². The second-order valence-electron chi connectivity index (χ2n) is 4.31. The summed E-state index contributed by atoms with van der Waals surface area (Å²) < 4.78 is 0. The van der Waals surface area contributed by atoms with Crippen LogP contribution < -0.4 is 5.73 Å². The summed E-state index contributed by atoms with van der Waals surface area (Å²) in [6.45, 7) is 0.420. The van der Waals surface area contributed by atoms with Crippen LogP contribution in [0.15, 0.2) is 18.2 Å². The number of hydrogen-bond acceptors (Lipinski definition) is 2. The highest BCUT2D eigenvalue weighted by Gasteiger charge is 2.32. The Labute approximate surface area is 115 Å². The van der Waals surface area contributed by atoms with Crippen molar-refractivity contribution in [3.8, 4) is 0 Å². The largest absolute Gasteiger partial charge is 0.368 e. The third-order valence-corrected chi connectivity index (χ3v) is 3.53. The number of carbonyl (C=O) groups is 2. The van der Waals surface area contributed by atoms with Gasteiger partial charge in [-0.1, -0.05) is 29.3 Å². The van der Waals surface area contributed by atoms with Crippen LogP contribution >= 0.6 is 23.2 Å². The Kier molecular flexibility index (Phi) is 3.78. The molecule has 0 aromatic heterocycles. The van der Waals surface area contributed by atoms with Gasteiger partial charge in [0.15, 0.2) is 0 Å². The van der Waals surface area contributed by atoms with Crippen molar-refractivity contribution < 1.29 is 9.59 Å². The molecule has 1 heterocycles. The first-order valence-electron chi connectivity index (χ1n) is 5.48. The van der Waals surface area contributed by atoms with Gasteiger partial charge in [0.05, 0.1) is 6.54 Å². The fourth-order valence-electron chi connectivity index (χ4n) is 2.15. The van der Waals surface area contributed by atoms with Crippen molar-refractivity contribution in [3.63, 3.8) is 0 Å². The molecule has 0 saturated carbocycles. The van der Waals surface area contributed by atoms with E-state index in [1.807, 2.05) is 6.07 Å². The lowest BCUT2D eigenvalue weighted by Crippen LogP contribution is -2.34. The molecule has 0 spiro atoms. The number of benzene rings is 1. The van der Waals surface area contributed by atoms with Crippen LogP contribution in [-0.2, 0) is 9.59 Å². The van der Waals surface area contributed by atoms with E-state index in [0.29, 0.717) is 23.0 Å². The highest BCUT2D eigenvalue weighted by atomic mass is 35.5. The average Bonchev–Trinajstić information content (AvgIpc) is 2.59. The van der Waals surface area contributed by atoms with Crippen molar-refractivity contribution in [1.29, 1.82) is 0 Å². The fraction of sp³-hybridized carbons (Fsp3) is 0.333. The van der Waals surface area contributed by atoms with E-state index >= 15 is 0 Å². The van der Waals surface area contributed by atoms with Crippen LogP contribution in [0.3, 0.4) is 0 Å². The van der Waals surface area contributed by atoms with Gasteiger partial charge in [0.2, 0.25) is 11.8 Å². The van der Waals surface area contributed by atoms with E-state index in [9.17, 15) is 9.59 Å². The molecule has 0 bridgehead atoms. The zero-order valence-electron chi connectivity index (χ0n) is 9.53. The summed E-state index contributed by atoms with van der Waals surface area (Å²) in [5.74, 6) is -0.599. The van der Waals surface area contributed by atoms with Crippen LogP contribution in [0.25, 0.3) is 0 Å². The van der Waals surface area contributed by atoms with Gasteiger partial charge < -0.3 is 10.6 Å². The normalized spacial score (nSPS) is 19.3. The van der Waals surface area contributed by atoms with Crippen LogP contribution in [-0.4, -0.2) is 29.8 Å². The molecular weight excluding hydrogens is 275 g/mol. The minimum Gasteiger partial charge on any atom is -0.368 e. The van der Waals surface area contributed by atoms with E-state index in [2.05, 4.69) is 0 Å². The Bertz CT molecular complexity index is 505. The molecule has 1 atom stereocenters. The number of halogens is 2. The lowest BCUT2D eigenvalue weighted by molar-refractivity contribution is -0.132. The Morgan fingerprint density at radius 3 is 2.78 bits per heavy atom. The number of carbonyl (C=O) groups excluding carboxylic acids is 2. The maximum atomic E-state index is 11.7. The zero-order chi connectivity index (χ0) is 13.3. The summed E-state index contributed by atoms with van der Waals surface area (Å²) >= 11 is 11.9. The molecule has 1 fully saturated rings. The first kappa shape index (κ1) is 13.2. The predicted molar refractivity (Wildman–Crippen MR) is 69.6 cm³/mol. The second kappa shape index (κ2) is 5.16. The third-order valence-electron chi connectivity index (χ3n) is 2.96. The van der Waals surface area contributed by atoms with Gasteiger partial charge in [0.25, 0.3) is 0 Å².